The van der Waals surface area contributed by atoms with Gasteiger partial charge in [-0.2, -0.15) is 0 Å². The fourth-order valence-electron chi connectivity index (χ4n) is 3.26. The highest BCUT2D eigenvalue weighted by Gasteiger charge is 2.30. The zero-order valence-corrected chi connectivity index (χ0v) is 13.2. The fourth-order valence-corrected chi connectivity index (χ4v) is 3.26. The molecule has 2 amide bonds. The normalized spacial score (nSPS) is 17.2. The van der Waals surface area contributed by atoms with Gasteiger partial charge in [0.15, 0.2) is 0 Å². The van der Waals surface area contributed by atoms with Gasteiger partial charge in [0.1, 0.15) is 0 Å². The summed E-state index contributed by atoms with van der Waals surface area (Å²) < 4.78 is 2.33. The van der Waals surface area contributed by atoms with Crippen LogP contribution in [0.2, 0.25) is 0 Å². The van der Waals surface area contributed by atoms with Crippen molar-refractivity contribution in [3.63, 3.8) is 0 Å². The van der Waals surface area contributed by atoms with Crippen molar-refractivity contribution in [2.24, 2.45) is 0 Å². The maximum atomic E-state index is 12.6. The van der Waals surface area contributed by atoms with Crippen molar-refractivity contribution in [3.05, 3.63) is 59.4 Å². The number of benzene rings is 1. The summed E-state index contributed by atoms with van der Waals surface area (Å²) in [5.41, 5.74) is 3.65. The number of hydrogen-bond donors (Lipinski definition) is 1. The summed E-state index contributed by atoms with van der Waals surface area (Å²) in [5, 5.41) is 3.05. The summed E-state index contributed by atoms with van der Waals surface area (Å²) in [4.78, 5) is 14.5. The van der Waals surface area contributed by atoms with Crippen LogP contribution in [-0.4, -0.2) is 22.0 Å². The molecule has 4 nitrogen and oxygen atoms in total. The van der Waals surface area contributed by atoms with Crippen LogP contribution in [0.4, 0.5) is 4.79 Å². The number of nitrogens with zero attached hydrogens (tertiary/aromatic N) is 2. The van der Waals surface area contributed by atoms with Crippen molar-refractivity contribution in [2.75, 3.05) is 6.54 Å². The molecular weight excluding hydrogens is 274 g/mol. The molecule has 0 saturated heterocycles. The Morgan fingerprint density at radius 3 is 2.68 bits per heavy atom. The molecule has 2 aromatic rings. The SMILES string of the molecule is CC[C@H]1c2ccc(C)n2CCN1C(=O)NCc1ccccc1. The van der Waals surface area contributed by atoms with Crippen molar-refractivity contribution >= 4 is 6.03 Å². The minimum absolute atomic E-state index is 0.0285. The standard InChI is InChI=1S/C18H23N3O/c1-3-16-17-10-9-14(2)20(17)11-12-21(16)18(22)19-13-15-7-5-4-6-8-15/h4-10,16H,3,11-13H2,1-2H3,(H,19,22)/t16-/m0/s1. The van der Waals surface area contributed by atoms with Gasteiger partial charge >= 0.3 is 6.03 Å². The molecule has 1 atom stereocenters. The van der Waals surface area contributed by atoms with E-state index in [1.165, 1.54) is 11.4 Å². The van der Waals surface area contributed by atoms with Crippen LogP contribution in [0.1, 0.15) is 36.3 Å². The molecule has 0 radical (unpaired) electrons. The first kappa shape index (κ1) is 14.7. The predicted molar refractivity (Wildman–Crippen MR) is 87.6 cm³/mol. The minimum atomic E-state index is 0.0285. The number of urea groups is 1. The van der Waals surface area contributed by atoms with Crippen molar-refractivity contribution < 1.29 is 4.79 Å². The molecule has 0 fully saturated rings. The predicted octanol–water partition coefficient (Wildman–Crippen LogP) is 3.47. The lowest BCUT2D eigenvalue weighted by atomic mass is 10.1. The Bertz CT molecular complexity index is 648. The van der Waals surface area contributed by atoms with E-state index < -0.39 is 0 Å². The Kier molecular flexibility index (Phi) is 4.18. The van der Waals surface area contributed by atoms with E-state index in [1.807, 2.05) is 35.2 Å². The lowest BCUT2D eigenvalue weighted by molar-refractivity contribution is 0.152. The maximum absolute atomic E-state index is 12.6. The Hall–Kier alpha value is -2.23. The van der Waals surface area contributed by atoms with Gasteiger partial charge in [0.25, 0.3) is 0 Å². The van der Waals surface area contributed by atoms with E-state index in [-0.39, 0.29) is 12.1 Å². The number of rotatable bonds is 3. The summed E-state index contributed by atoms with van der Waals surface area (Å²) in [7, 11) is 0. The number of nitrogens with one attached hydrogen (secondary N) is 1. The minimum Gasteiger partial charge on any atom is -0.345 e. The highest BCUT2D eigenvalue weighted by atomic mass is 16.2. The van der Waals surface area contributed by atoms with Gasteiger partial charge in [-0.05, 0) is 31.0 Å². The summed E-state index contributed by atoms with van der Waals surface area (Å²) in [6.45, 7) is 6.49. The molecule has 2 heterocycles. The van der Waals surface area contributed by atoms with Crippen LogP contribution in [-0.2, 0) is 13.1 Å². The molecule has 1 aliphatic heterocycles. The van der Waals surface area contributed by atoms with Crippen LogP contribution in [0.5, 0.6) is 0 Å². The van der Waals surface area contributed by atoms with Crippen LogP contribution < -0.4 is 5.32 Å². The number of amides is 2. The van der Waals surface area contributed by atoms with Crippen molar-refractivity contribution in [2.45, 2.75) is 39.4 Å². The average Bonchev–Trinajstić information content (AvgIpc) is 2.94. The van der Waals surface area contributed by atoms with Gasteiger partial charge in [0.05, 0.1) is 6.04 Å². The first-order valence-corrected chi connectivity index (χ1v) is 7.95. The van der Waals surface area contributed by atoms with Gasteiger partial charge in [-0.15, -0.1) is 0 Å². The molecule has 0 saturated carbocycles. The molecule has 1 aromatic heterocycles. The molecule has 116 valence electrons. The smallest absolute Gasteiger partial charge is 0.318 e. The van der Waals surface area contributed by atoms with Gasteiger partial charge in [-0.3, -0.25) is 0 Å². The summed E-state index contributed by atoms with van der Waals surface area (Å²) in [5.74, 6) is 0. The number of carbonyl (C=O) groups is 1. The van der Waals surface area contributed by atoms with E-state index in [0.29, 0.717) is 6.54 Å². The summed E-state index contributed by atoms with van der Waals surface area (Å²) in [6, 6.07) is 14.5. The Labute approximate surface area is 131 Å². The molecule has 0 spiro atoms. The van der Waals surface area contributed by atoms with E-state index in [4.69, 9.17) is 0 Å². The average molecular weight is 297 g/mol. The van der Waals surface area contributed by atoms with E-state index in [9.17, 15) is 4.79 Å². The molecule has 0 bridgehead atoms. The Morgan fingerprint density at radius 1 is 1.18 bits per heavy atom. The second-order valence-corrected chi connectivity index (χ2v) is 5.81. The third-order valence-corrected chi connectivity index (χ3v) is 4.45. The lowest BCUT2D eigenvalue weighted by Crippen LogP contribution is -2.46. The number of aryl methyl sites for hydroxylation is 1. The largest absolute Gasteiger partial charge is 0.345 e. The van der Waals surface area contributed by atoms with Crippen molar-refractivity contribution in [1.82, 2.24) is 14.8 Å². The Balaban J connectivity index is 1.70. The first-order valence-electron chi connectivity index (χ1n) is 7.95. The molecule has 1 N–H and O–H groups in total. The molecule has 3 rings (SSSR count). The highest BCUT2D eigenvalue weighted by molar-refractivity contribution is 5.75. The van der Waals surface area contributed by atoms with E-state index >= 15 is 0 Å². The third kappa shape index (κ3) is 2.73. The van der Waals surface area contributed by atoms with Crippen LogP contribution >= 0.6 is 0 Å². The van der Waals surface area contributed by atoms with Crippen LogP contribution in [0.3, 0.4) is 0 Å². The molecule has 0 unspecified atom stereocenters. The van der Waals surface area contributed by atoms with E-state index in [0.717, 1.165) is 25.1 Å². The number of aromatic nitrogens is 1. The lowest BCUT2D eigenvalue weighted by Gasteiger charge is -2.37. The molecule has 1 aliphatic rings. The number of hydrogen-bond acceptors (Lipinski definition) is 1. The van der Waals surface area contributed by atoms with Crippen LogP contribution in [0.15, 0.2) is 42.5 Å². The maximum Gasteiger partial charge on any atom is 0.318 e. The summed E-state index contributed by atoms with van der Waals surface area (Å²) in [6.07, 6.45) is 0.933. The van der Waals surface area contributed by atoms with E-state index in [1.54, 1.807) is 0 Å². The third-order valence-electron chi connectivity index (χ3n) is 4.45. The number of carbonyl (C=O) groups excluding carboxylic acids is 1. The van der Waals surface area contributed by atoms with Crippen molar-refractivity contribution in [1.29, 1.82) is 0 Å². The quantitative estimate of drug-likeness (QED) is 0.925. The number of fused-ring (bicyclic) bond motifs is 1. The molecule has 0 aliphatic carbocycles. The fraction of sp³-hybridized carbons (Fsp3) is 0.389. The zero-order valence-electron chi connectivity index (χ0n) is 13.2. The van der Waals surface area contributed by atoms with Gasteiger partial charge < -0.3 is 14.8 Å². The molecule has 22 heavy (non-hydrogen) atoms. The first-order chi connectivity index (χ1) is 10.7. The second-order valence-electron chi connectivity index (χ2n) is 5.81. The van der Waals surface area contributed by atoms with Crippen molar-refractivity contribution in [3.8, 4) is 0 Å². The monoisotopic (exact) mass is 297 g/mol. The van der Waals surface area contributed by atoms with Gasteiger partial charge in [-0.1, -0.05) is 37.3 Å². The molecule has 1 aromatic carbocycles. The van der Waals surface area contributed by atoms with Gasteiger partial charge in [0, 0.05) is 31.0 Å². The van der Waals surface area contributed by atoms with Gasteiger partial charge in [-0.25, -0.2) is 4.79 Å². The van der Waals surface area contributed by atoms with Crippen LogP contribution in [0.25, 0.3) is 0 Å². The second kappa shape index (κ2) is 6.26. The van der Waals surface area contributed by atoms with E-state index in [2.05, 4.69) is 35.9 Å². The Morgan fingerprint density at radius 2 is 1.95 bits per heavy atom. The van der Waals surface area contributed by atoms with Crippen LogP contribution in [0, 0.1) is 6.92 Å². The highest BCUT2D eigenvalue weighted by Crippen LogP contribution is 2.30. The topological polar surface area (TPSA) is 37.3 Å². The van der Waals surface area contributed by atoms with Gasteiger partial charge in [0.2, 0.25) is 0 Å². The zero-order chi connectivity index (χ0) is 15.5. The molecular formula is C18H23N3O. The summed E-state index contributed by atoms with van der Waals surface area (Å²) >= 11 is 0. The molecule has 4 heteroatoms.